The Morgan fingerprint density at radius 3 is 2.56 bits per heavy atom. The molecule has 1 aromatic heterocycles. The van der Waals surface area contributed by atoms with Gasteiger partial charge in [-0.25, -0.2) is 0 Å². The highest BCUT2D eigenvalue weighted by Crippen LogP contribution is 2.43. The van der Waals surface area contributed by atoms with E-state index >= 15 is 0 Å². The molecule has 2 aromatic rings. The van der Waals surface area contributed by atoms with Crippen LogP contribution in [0.2, 0.25) is 0 Å². The monoisotopic (exact) mass is 348 g/mol. The van der Waals surface area contributed by atoms with Crippen LogP contribution in [0.25, 0.3) is 0 Å². The molecule has 0 aliphatic carbocycles. The minimum Gasteiger partial charge on any atom is -0.420 e. The number of alkyl halides is 3. The van der Waals surface area contributed by atoms with Crippen LogP contribution in [0.3, 0.4) is 0 Å². The Morgan fingerprint density at radius 1 is 1.32 bits per heavy atom. The number of nitriles is 1. The van der Waals surface area contributed by atoms with Crippen LogP contribution in [-0.2, 0) is 12.6 Å². The molecule has 1 aliphatic heterocycles. The molecular weight excluding hydrogens is 333 g/mol. The summed E-state index contributed by atoms with van der Waals surface area (Å²) in [4.78, 5) is 0. The summed E-state index contributed by atoms with van der Waals surface area (Å²) in [5.74, 6) is -0.448. The van der Waals surface area contributed by atoms with Crippen LogP contribution in [0.5, 0.6) is 5.88 Å². The summed E-state index contributed by atoms with van der Waals surface area (Å²) in [6.45, 7) is 1.99. The van der Waals surface area contributed by atoms with Gasteiger partial charge in [0.25, 0.3) is 0 Å². The molecule has 0 fully saturated rings. The van der Waals surface area contributed by atoms with Gasteiger partial charge in [-0.1, -0.05) is 25.5 Å². The van der Waals surface area contributed by atoms with Gasteiger partial charge in [0.2, 0.25) is 11.8 Å². The standard InChI is InChI=1S/C17H15F3N4O/c1-2-3-12-14-13(9-4-6-10(7-5-9)17(18,19)20)11(8-21)15(22)25-16(14)24-23-12/h4-7,13H,2-3,22H2,1H3,(H,23,24)/t13-/m1/s1. The number of H-pyrrole nitrogens is 1. The van der Waals surface area contributed by atoms with Crippen LogP contribution in [-0.4, -0.2) is 10.2 Å². The van der Waals surface area contributed by atoms with Crippen LogP contribution >= 0.6 is 0 Å². The second-order valence-corrected chi connectivity index (χ2v) is 5.72. The van der Waals surface area contributed by atoms with Gasteiger partial charge in [0.05, 0.1) is 11.5 Å². The predicted octanol–water partition coefficient (Wildman–Crippen LogP) is 3.60. The lowest BCUT2D eigenvalue weighted by atomic mass is 9.83. The minimum absolute atomic E-state index is 0.0885. The molecule has 25 heavy (non-hydrogen) atoms. The quantitative estimate of drug-likeness (QED) is 0.887. The Hall–Kier alpha value is -2.95. The molecule has 0 spiro atoms. The number of nitrogens with one attached hydrogen (secondary N) is 1. The van der Waals surface area contributed by atoms with Crippen LogP contribution in [0, 0.1) is 11.3 Å². The lowest BCUT2D eigenvalue weighted by Gasteiger charge is -2.24. The van der Waals surface area contributed by atoms with Crippen LogP contribution < -0.4 is 10.5 Å². The first-order valence-electron chi connectivity index (χ1n) is 7.68. The maximum atomic E-state index is 12.8. The molecule has 1 aromatic carbocycles. The summed E-state index contributed by atoms with van der Waals surface area (Å²) in [5, 5.41) is 16.4. The van der Waals surface area contributed by atoms with Gasteiger partial charge in [-0.2, -0.15) is 18.4 Å². The fourth-order valence-corrected chi connectivity index (χ4v) is 2.95. The lowest BCUT2D eigenvalue weighted by Crippen LogP contribution is -2.21. The summed E-state index contributed by atoms with van der Waals surface area (Å²) in [6, 6.07) is 6.72. The lowest BCUT2D eigenvalue weighted by molar-refractivity contribution is -0.137. The molecule has 2 heterocycles. The third-order valence-electron chi connectivity index (χ3n) is 4.09. The summed E-state index contributed by atoms with van der Waals surface area (Å²) in [6.07, 6.45) is -2.92. The van der Waals surface area contributed by atoms with E-state index < -0.39 is 17.7 Å². The Morgan fingerprint density at radius 2 is 2.00 bits per heavy atom. The van der Waals surface area contributed by atoms with Gasteiger partial charge in [-0.05, 0) is 24.1 Å². The zero-order valence-corrected chi connectivity index (χ0v) is 13.3. The van der Waals surface area contributed by atoms with Gasteiger partial charge < -0.3 is 10.5 Å². The van der Waals surface area contributed by atoms with Gasteiger partial charge in [-0.15, -0.1) is 5.10 Å². The predicted molar refractivity (Wildman–Crippen MR) is 83.3 cm³/mol. The van der Waals surface area contributed by atoms with Gasteiger partial charge in [0.15, 0.2) is 0 Å². The smallest absolute Gasteiger partial charge is 0.416 e. The second kappa shape index (κ2) is 6.16. The van der Waals surface area contributed by atoms with Crippen molar-refractivity contribution in [2.75, 3.05) is 0 Å². The van der Waals surface area contributed by atoms with E-state index in [0.29, 0.717) is 17.5 Å². The van der Waals surface area contributed by atoms with E-state index in [9.17, 15) is 18.4 Å². The number of halogens is 3. The van der Waals surface area contributed by atoms with Crippen molar-refractivity contribution in [3.05, 3.63) is 58.1 Å². The molecule has 1 atom stereocenters. The number of fused-ring (bicyclic) bond motifs is 1. The number of rotatable bonds is 3. The van der Waals surface area contributed by atoms with E-state index in [-0.39, 0.29) is 17.3 Å². The van der Waals surface area contributed by atoms with Gasteiger partial charge in [0.1, 0.15) is 11.6 Å². The van der Waals surface area contributed by atoms with E-state index in [2.05, 4.69) is 10.2 Å². The SMILES string of the molecule is CCCc1[nH]nc2c1[C@H](c1ccc(C(F)(F)F)cc1)C(C#N)=C(N)O2. The molecule has 0 saturated heterocycles. The normalized spacial score (nSPS) is 17.0. The largest absolute Gasteiger partial charge is 0.420 e. The molecule has 3 rings (SSSR count). The van der Waals surface area contributed by atoms with Crippen molar-refractivity contribution >= 4 is 0 Å². The maximum Gasteiger partial charge on any atom is 0.416 e. The summed E-state index contributed by atoms with van der Waals surface area (Å²) < 4.78 is 43.8. The van der Waals surface area contributed by atoms with E-state index in [0.717, 1.165) is 24.2 Å². The van der Waals surface area contributed by atoms with Gasteiger partial charge >= 0.3 is 6.18 Å². The number of allylic oxidation sites excluding steroid dienone is 1. The number of hydrogen-bond acceptors (Lipinski definition) is 4. The number of nitrogens with zero attached hydrogens (tertiary/aromatic N) is 2. The third-order valence-corrected chi connectivity index (χ3v) is 4.09. The highest BCUT2D eigenvalue weighted by atomic mass is 19.4. The Kier molecular flexibility index (Phi) is 4.17. The highest BCUT2D eigenvalue weighted by Gasteiger charge is 2.36. The Balaban J connectivity index is 2.13. The number of hydrogen-bond donors (Lipinski definition) is 2. The molecule has 5 nitrogen and oxygen atoms in total. The topological polar surface area (TPSA) is 87.7 Å². The fourth-order valence-electron chi connectivity index (χ4n) is 2.95. The zero-order chi connectivity index (χ0) is 18.2. The van der Waals surface area contributed by atoms with Crippen LogP contribution in [0.1, 0.15) is 41.6 Å². The van der Waals surface area contributed by atoms with Crippen LogP contribution in [0.15, 0.2) is 35.7 Å². The van der Waals surface area contributed by atoms with Crippen molar-refractivity contribution in [3.63, 3.8) is 0 Å². The molecule has 0 amide bonds. The van der Waals surface area contributed by atoms with E-state index in [1.807, 2.05) is 13.0 Å². The average Bonchev–Trinajstić information content (AvgIpc) is 2.95. The maximum absolute atomic E-state index is 12.8. The number of aromatic nitrogens is 2. The van der Waals surface area contributed by atoms with Crippen molar-refractivity contribution in [2.45, 2.75) is 31.9 Å². The first-order valence-corrected chi connectivity index (χ1v) is 7.68. The third kappa shape index (κ3) is 2.93. The number of ether oxygens (including phenoxy) is 1. The second-order valence-electron chi connectivity index (χ2n) is 5.72. The molecule has 8 heteroatoms. The molecule has 0 unspecified atom stereocenters. The average molecular weight is 348 g/mol. The number of nitrogens with two attached hydrogens (primary N) is 1. The Bertz CT molecular complexity index is 859. The van der Waals surface area contributed by atoms with E-state index in [1.165, 1.54) is 12.1 Å². The summed E-state index contributed by atoms with van der Waals surface area (Å²) >= 11 is 0. The molecule has 1 aliphatic rings. The molecule has 0 bridgehead atoms. The van der Waals surface area contributed by atoms with Crippen LogP contribution in [0.4, 0.5) is 13.2 Å². The summed E-state index contributed by atoms with van der Waals surface area (Å²) in [7, 11) is 0. The molecule has 130 valence electrons. The van der Waals surface area contributed by atoms with Crippen molar-refractivity contribution in [1.29, 1.82) is 5.26 Å². The molecule has 3 N–H and O–H groups in total. The van der Waals surface area contributed by atoms with Crippen molar-refractivity contribution < 1.29 is 17.9 Å². The van der Waals surface area contributed by atoms with Gasteiger partial charge in [-0.3, -0.25) is 5.10 Å². The van der Waals surface area contributed by atoms with Crippen molar-refractivity contribution in [3.8, 4) is 11.9 Å². The fraction of sp³-hybridized carbons (Fsp3) is 0.294. The number of aromatic amines is 1. The molecule has 0 saturated carbocycles. The minimum atomic E-state index is -4.42. The number of benzene rings is 1. The highest BCUT2D eigenvalue weighted by molar-refractivity contribution is 5.55. The first-order chi connectivity index (χ1) is 11.9. The zero-order valence-electron chi connectivity index (χ0n) is 13.3. The Labute approximate surface area is 141 Å². The first kappa shape index (κ1) is 16.9. The van der Waals surface area contributed by atoms with Crippen molar-refractivity contribution in [2.24, 2.45) is 5.73 Å². The van der Waals surface area contributed by atoms with Gasteiger partial charge in [0, 0.05) is 11.3 Å². The van der Waals surface area contributed by atoms with E-state index in [4.69, 9.17) is 10.5 Å². The molecular formula is C17H15F3N4O. The van der Waals surface area contributed by atoms with Crippen molar-refractivity contribution in [1.82, 2.24) is 10.2 Å². The summed E-state index contributed by atoms with van der Waals surface area (Å²) in [5.41, 5.74) is 7.17. The number of aryl methyl sites for hydroxylation is 1. The molecule has 0 radical (unpaired) electrons. The van der Waals surface area contributed by atoms with E-state index in [1.54, 1.807) is 0 Å².